The van der Waals surface area contributed by atoms with Crippen molar-refractivity contribution in [1.29, 1.82) is 0 Å². The van der Waals surface area contributed by atoms with Gasteiger partial charge in [-0.05, 0) is 11.6 Å². The highest BCUT2D eigenvalue weighted by molar-refractivity contribution is 5.88. The van der Waals surface area contributed by atoms with E-state index in [2.05, 4.69) is 16.4 Å². The Hall–Kier alpha value is -1.81. The van der Waals surface area contributed by atoms with Crippen molar-refractivity contribution in [2.75, 3.05) is 0 Å². The van der Waals surface area contributed by atoms with Crippen molar-refractivity contribution in [1.82, 2.24) is 10.3 Å². The molecule has 1 aliphatic heterocycles. The molecule has 0 radical (unpaired) electrons. The lowest BCUT2D eigenvalue weighted by atomic mass is 9.74. The Kier molecular flexibility index (Phi) is 2.25. The summed E-state index contributed by atoms with van der Waals surface area (Å²) in [5.41, 5.74) is 2.87. The molecule has 0 fully saturated rings. The molecule has 18 heavy (non-hydrogen) atoms. The fourth-order valence-electron chi connectivity index (χ4n) is 3.07. The van der Waals surface area contributed by atoms with Gasteiger partial charge in [-0.1, -0.05) is 32.0 Å². The second-order valence-electron chi connectivity index (χ2n) is 5.40. The van der Waals surface area contributed by atoms with Crippen LogP contribution in [0.5, 0.6) is 0 Å². The fraction of sp³-hybridized carbons (Fsp3) is 0.357. The highest BCUT2D eigenvalue weighted by Crippen LogP contribution is 2.38. The Labute approximate surface area is 105 Å². The largest absolute Gasteiger partial charge is 0.480 e. The first-order valence-electron chi connectivity index (χ1n) is 6.08. The van der Waals surface area contributed by atoms with Crippen LogP contribution in [-0.2, 0) is 16.8 Å². The quantitative estimate of drug-likeness (QED) is 0.719. The second kappa shape index (κ2) is 3.59. The number of carboxylic acid groups (broad SMARTS) is 1. The lowest BCUT2D eigenvalue weighted by Crippen LogP contribution is -2.53. The molecule has 2 heterocycles. The number of fused-ring (bicyclic) bond motifs is 3. The molecule has 1 atom stereocenters. The zero-order chi connectivity index (χ0) is 12.9. The number of benzene rings is 1. The van der Waals surface area contributed by atoms with Crippen molar-refractivity contribution in [2.24, 2.45) is 0 Å². The van der Waals surface area contributed by atoms with Gasteiger partial charge in [0.25, 0.3) is 0 Å². The van der Waals surface area contributed by atoms with E-state index < -0.39 is 17.4 Å². The summed E-state index contributed by atoms with van der Waals surface area (Å²) in [5.74, 6) is -0.795. The monoisotopic (exact) mass is 244 g/mol. The van der Waals surface area contributed by atoms with Gasteiger partial charge in [0.15, 0.2) is 0 Å². The summed E-state index contributed by atoms with van der Waals surface area (Å²) < 4.78 is 0. The van der Waals surface area contributed by atoms with Crippen molar-refractivity contribution in [3.05, 3.63) is 35.5 Å². The van der Waals surface area contributed by atoms with Crippen LogP contribution in [0.1, 0.15) is 25.1 Å². The van der Waals surface area contributed by atoms with Gasteiger partial charge in [0, 0.05) is 28.6 Å². The van der Waals surface area contributed by atoms with Gasteiger partial charge in [-0.2, -0.15) is 0 Å². The third-order valence-corrected chi connectivity index (χ3v) is 3.88. The summed E-state index contributed by atoms with van der Waals surface area (Å²) in [6.45, 7) is 4.54. The Morgan fingerprint density at radius 1 is 1.39 bits per heavy atom. The number of aliphatic carboxylic acids is 1. The first-order chi connectivity index (χ1) is 8.51. The van der Waals surface area contributed by atoms with Crippen LogP contribution >= 0.6 is 0 Å². The normalized spacial score (nSPS) is 21.8. The average Bonchev–Trinajstić information content (AvgIpc) is 2.67. The van der Waals surface area contributed by atoms with Crippen molar-refractivity contribution in [3.63, 3.8) is 0 Å². The second-order valence-corrected chi connectivity index (χ2v) is 5.40. The smallest absolute Gasteiger partial charge is 0.321 e. The maximum absolute atomic E-state index is 11.4. The van der Waals surface area contributed by atoms with Crippen LogP contribution in [0.15, 0.2) is 24.3 Å². The van der Waals surface area contributed by atoms with Gasteiger partial charge in [0.2, 0.25) is 0 Å². The number of hydrogen-bond donors (Lipinski definition) is 3. The minimum atomic E-state index is -0.795. The minimum Gasteiger partial charge on any atom is -0.480 e. The van der Waals surface area contributed by atoms with Gasteiger partial charge in [-0.15, -0.1) is 0 Å². The van der Waals surface area contributed by atoms with Crippen molar-refractivity contribution in [3.8, 4) is 0 Å². The van der Waals surface area contributed by atoms with Gasteiger partial charge in [0.05, 0.1) is 0 Å². The Balaban J connectivity index is 2.27. The zero-order valence-electron chi connectivity index (χ0n) is 10.4. The molecule has 1 aromatic heterocycles. The number of H-pyrrole nitrogens is 1. The van der Waals surface area contributed by atoms with Crippen LogP contribution < -0.4 is 5.32 Å². The minimum absolute atomic E-state index is 0.432. The molecule has 3 N–H and O–H groups in total. The number of aromatic amines is 1. The molecular formula is C14H16N2O2. The lowest BCUT2D eigenvalue weighted by Gasteiger charge is -2.37. The number of para-hydroxylation sites is 1. The summed E-state index contributed by atoms with van der Waals surface area (Å²) in [6, 6.07) is 7.50. The summed E-state index contributed by atoms with van der Waals surface area (Å²) in [5, 5.41) is 13.6. The molecule has 0 aliphatic carbocycles. The van der Waals surface area contributed by atoms with Gasteiger partial charge in [-0.3, -0.25) is 10.1 Å². The number of carbonyl (C=O) groups is 1. The average molecular weight is 244 g/mol. The van der Waals surface area contributed by atoms with E-state index in [1.165, 1.54) is 0 Å². The van der Waals surface area contributed by atoms with Gasteiger partial charge < -0.3 is 10.1 Å². The van der Waals surface area contributed by atoms with Gasteiger partial charge in [0.1, 0.15) is 6.04 Å². The number of hydrogen-bond acceptors (Lipinski definition) is 2. The molecule has 0 amide bonds. The number of nitrogens with one attached hydrogen (secondary N) is 2. The first kappa shape index (κ1) is 11.3. The fourth-order valence-corrected chi connectivity index (χ4v) is 3.07. The molecule has 0 saturated heterocycles. The van der Waals surface area contributed by atoms with Crippen LogP contribution in [0.25, 0.3) is 10.9 Å². The molecule has 0 spiro atoms. The summed E-state index contributed by atoms with van der Waals surface area (Å²) >= 11 is 0. The van der Waals surface area contributed by atoms with Crippen molar-refractivity contribution < 1.29 is 9.90 Å². The van der Waals surface area contributed by atoms with Crippen LogP contribution in [0.2, 0.25) is 0 Å². The summed E-state index contributed by atoms with van der Waals surface area (Å²) in [6.07, 6.45) is 0. The van der Waals surface area contributed by atoms with Crippen molar-refractivity contribution in [2.45, 2.75) is 31.8 Å². The molecule has 1 aliphatic rings. The molecule has 2 aromatic rings. The molecule has 4 nitrogen and oxygen atoms in total. The van der Waals surface area contributed by atoms with E-state index in [-0.39, 0.29) is 0 Å². The number of aromatic nitrogens is 1. The standard InChI is InChI=1S/C14H16N2O2/c1-14(2)11-8-5-3-4-6-9(8)16-10(11)7-15-12(14)13(17)18/h3-6,12,15-16H,7H2,1-2H3,(H,17,18). The van der Waals surface area contributed by atoms with Gasteiger partial charge >= 0.3 is 5.97 Å². The summed E-state index contributed by atoms with van der Waals surface area (Å²) in [7, 11) is 0. The maximum atomic E-state index is 11.4. The van der Waals surface area contributed by atoms with Crippen molar-refractivity contribution >= 4 is 16.9 Å². The molecule has 1 aromatic carbocycles. The molecule has 94 valence electrons. The highest BCUT2D eigenvalue weighted by atomic mass is 16.4. The third kappa shape index (κ3) is 1.39. The molecule has 3 rings (SSSR count). The van der Waals surface area contributed by atoms with E-state index >= 15 is 0 Å². The Bertz CT molecular complexity index is 628. The predicted molar refractivity (Wildman–Crippen MR) is 69.6 cm³/mol. The Morgan fingerprint density at radius 2 is 2.11 bits per heavy atom. The zero-order valence-corrected chi connectivity index (χ0v) is 10.4. The van der Waals surface area contributed by atoms with Crippen LogP contribution in [0.4, 0.5) is 0 Å². The molecule has 4 heteroatoms. The van der Waals surface area contributed by atoms with E-state index in [1.807, 2.05) is 32.0 Å². The number of rotatable bonds is 1. The third-order valence-electron chi connectivity index (χ3n) is 3.88. The first-order valence-corrected chi connectivity index (χ1v) is 6.08. The highest BCUT2D eigenvalue weighted by Gasteiger charge is 2.42. The summed E-state index contributed by atoms with van der Waals surface area (Å²) in [4.78, 5) is 14.7. The van der Waals surface area contributed by atoms with E-state index in [4.69, 9.17) is 0 Å². The number of carboxylic acids is 1. The van der Waals surface area contributed by atoms with Crippen LogP contribution in [0.3, 0.4) is 0 Å². The van der Waals surface area contributed by atoms with E-state index in [9.17, 15) is 9.90 Å². The van der Waals surface area contributed by atoms with E-state index in [1.54, 1.807) is 0 Å². The molecule has 0 bridgehead atoms. The van der Waals surface area contributed by atoms with E-state index in [0.29, 0.717) is 6.54 Å². The maximum Gasteiger partial charge on any atom is 0.321 e. The Morgan fingerprint density at radius 3 is 2.83 bits per heavy atom. The SMILES string of the molecule is CC1(C)c2c([nH]c3ccccc23)CNC1C(=O)O. The molecule has 1 unspecified atom stereocenters. The van der Waals surface area contributed by atoms with E-state index in [0.717, 1.165) is 22.2 Å². The topological polar surface area (TPSA) is 65.1 Å². The lowest BCUT2D eigenvalue weighted by molar-refractivity contribution is -0.141. The van der Waals surface area contributed by atoms with Crippen LogP contribution in [0, 0.1) is 0 Å². The molecule has 0 saturated carbocycles. The van der Waals surface area contributed by atoms with Crippen LogP contribution in [-0.4, -0.2) is 22.1 Å². The van der Waals surface area contributed by atoms with Gasteiger partial charge in [-0.25, -0.2) is 0 Å². The predicted octanol–water partition coefficient (Wildman–Crippen LogP) is 2.00. The molecular weight excluding hydrogens is 228 g/mol.